The molecule has 2 N–H and O–H groups in total. The third-order valence-corrected chi connectivity index (χ3v) is 5.64. The molecule has 6 nitrogen and oxygen atoms in total. The molecule has 1 fully saturated rings. The van der Waals surface area contributed by atoms with Crippen molar-refractivity contribution in [1.29, 1.82) is 0 Å². The van der Waals surface area contributed by atoms with Crippen molar-refractivity contribution >= 4 is 21.6 Å². The molecule has 0 unspecified atom stereocenters. The number of anilines is 1. The lowest BCUT2D eigenvalue weighted by Gasteiger charge is -2.19. The minimum Gasteiger partial charge on any atom is -0.348 e. The average Bonchev–Trinajstić information content (AvgIpc) is 2.95. The highest BCUT2D eigenvalue weighted by Gasteiger charge is 2.14. The zero-order valence-corrected chi connectivity index (χ0v) is 17.7. The SMILES string of the molecule is CS(=O)(=O)Nc1ccccc1C(=O)NCc1ccc(CN2CCCCCC2)cc1. The Morgan fingerprint density at radius 2 is 1.55 bits per heavy atom. The van der Waals surface area contributed by atoms with E-state index in [0.717, 1.165) is 18.4 Å². The number of rotatable bonds is 7. The lowest BCUT2D eigenvalue weighted by Crippen LogP contribution is -2.25. The first-order valence-corrected chi connectivity index (χ1v) is 11.9. The van der Waals surface area contributed by atoms with Gasteiger partial charge in [-0.3, -0.25) is 14.4 Å². The van der Waals surface area contributed by atoms with Crippen LogP contribution in [0.25, 0.3) is 0 Å². The van der Waals surface area contributed by atoms with Gasteiger partial charge in [0.05, 0.1) is 17.5 Å². The molecule has 7 heteroatoms. The predicted octanol–water partition coefficient (Wildman–Crippen LogP) is 3.36. The summed E-state index contributed by atoms with van der Waals surface area (Å²) in [6, 6.07) is 14.9. The molecule has 1 saturated heterocycles. The van der Waals surface area contributed by atoms with Crippen LogP contribution in [0.3, 0.4) is 0 Å². The molecule has 2 aromatic carbocycles. The van der Waals surface area contributed by atoms with Crippen molar-refractivity contribution in [2.45, 2.75) is 38.8 Å². The van der Waals surface area contributed by atoms with Gasteiger partial charge in [-0.2, -0.15) is 0 Å². The maximum absolute atomic E-state index is 12.5. The van der Waals surface area contributed by atoms with Gasteiger partial charge in [0.2, 0.25) is 10.0 Å². The first-order chi connectivity index (χ1) is 13.9. The Labute approximate surface area is 173 Å². The molecule has 0 aliphatic carbocycles. The first kappa shape index (κ1) is 21.3. The number of nitrogens with zero attached hydrogens (tertiary/aromatic N) is 1. The smallest absolute Gasteiger partial charge is 0.253 e. The van der Waals surface area contributed by atoms with E-state index in [-0.39, 0.29) is 11.6 Å². The number of carbonyl (C=O) groups is 1. The fraction of sp³-hybridized carbons (Fsp3) is 0.409. The number of sulfonamides is 1. The maximum atomic E-state index is 12.5. The van der Waals surface area contributed by atoms with E-state index in [0.29, 0.717) is 12.1 Å². The Kier molecular flexibility index (Phi) is 7.28. The van der Waals surface area contributed by atoms with Crippen LogP contribution in [0.5, 0.6) is 0 Å². The van der Waals surface area contributed by atoms with Crippen LogP contribution in [0.4, 0.5) is 5.69 Å². The van der Waals surface area contributed by atoms with Gasteiger partial charge in [-0.25, -0.2) is 8.42 Å². The monoisotopic (exact) mass is 415 g/mol. The molecular weight excluding hydrogens is 386 g/mol. The molecular formula is C22H29N3O3S. The molecule has 0 atom stereocenters. The number of hydrogen-bond acceptors (Lipinski definition) is 4. The van der Waals surface area contributed by atoms with Gasteiger partial charge in [0.25, 0.3) is 5.91 Å². The lowest BCUT2D eigenvalue weighted by molar-refractivity contribution is 0.0952. The average molecular weight is 416 g/mol. The number of amides is 1. The fourth-order valence-electron chi connectivity index (χ4n) is 3.56. The Morgan fingerprint density at radius 3 is 2.21 bits per heavy atom. The number of carbonyl (C=O) groups excluding carboxylic acids is 1. The summed E-state index contributed by atoms with van der Waals surface area (Å²) in [6.07, 6.45) is 6.28. The largest absolute Gasteiger partial charge is 0.348 e. The molecule has 29 heavy (non-hydrogen) atoms. The van der Waals surface area contributed by atoms with E-state index in [2.05, 4.69) is 27.1 Å². The molecule has 2 aromatic rings. The Morgan fingerprint density at radius 1 is 0.931 bits per heavy atom. The van der Waals surface area contributed by atoms with Crippen molar-refractivity contribution in [3.63, 3.8) is 0 Å². The number of likely N-dealkylation sites (tertiary alicyclic amines) is 1. The molecule has 3 rings (SSSR count). The Bertz CT molecular complexity index is 919. The molecule has 0 bridgehead atoms. The molecule has 0 spiro atoms. The number of nitrogens with one attached hydrogen (secondary N) is 2. The van der Waals surface area contributed by atoms with Crippen LogP contribution in [-0.4, -0.2) is 38.6 Å². The molecule has 0 radical (unpaired) electrons. The second kappa shape index (κ2) is 9.89. The second-order valence-corrected chi connectivity index (χ2v) is 9.36. The van der Waals surface area contributed by atoms with Crippen molar-refractivity contribution in [1.82, 2.24) is 10.2 Å². The van der Waals surface area contributed by atoms with Gasteiger partial charge >= 0.3 is 0 Å². The summed E-state index contributed by atoms with van der Waals surface area (Å²) in [5.74, 6) is -0.314. The van der Waals surface area contributed by atoms with Gasteiger partial charge in [-0.15, -0.1) is 0 Å². The van der Waals surface area contributed by atoms with Crippen LogP contribution < -0.4 is 10.0 Å². The summed E-state index contributed by atoms with van der Waals surface area (Å²) < 4.78 is 25.4. The minimum absolute atomic E-state index is 0.278. The van der Waals surface area contributed by atoms with E-state index in [4.69, 9.17) is 0 Å². The van der Waals surface area contributed by atoms with Gasteiger partial charge in [-0.05, 0) is 49.2 Å². The van der Waals surface area contributed by atoms with Gasteiger partial charge in [-0.1, -0.05) is 49.2 Å². The van der Waals surface area contributed by atoms with Crippen LogP contribution in [0.2, 0.25) is 0 Å². The van der Waals surface area contributed by atoms with Gasteiger partial charge in [0, 0.05) is 13.1 Å². The van der Waals surface area contributed by atoms with E-state index in [1.807, 2.05) is 12.1 Å². The predicted molar refractivity (Wildman–Crippen MR) is 116 cm³/mol. The number of para-hydroxylation sites is 1. The summed E-state index contributed by atoms with van der Waals surface area (Å²) in [7, 11) is -3.45. The highest BCUT2D eigenvalue weighted by atomic mass is 32.2. The summed E-state index contributed by atoms with van der Waals surface area (Å²) in [5.41, 5.74) is 2.87. The molecule has 1 amide bonds. The molecule has 0 aromatic heterocycles. The second-order valence-electron chi connectivity index (χ2n) is 7.61. The topological polar surface area (TPSA) is 78.5 Å². The van der Waals surface area contributed by atoms with Crippen molar-refractivity contribution < 1.29 is 13.2 Å². The third kappa shape index (κ3) is 6.87. The molecule has 156 valence electrons. The lowest BCUT2D eigenvalue weighted by atomic mass is 10.1. The van der Waals surface area contributed by atoms with E-state index in [9.17, 15) is 13.2 Å². The zero-order chi connectivity index (χ0) is 20.7. The van der Waals surface area contributed by atoms with E-state index in [1.54, 1.807) is 24.3 Å². The van der Waals surface area contributed by atoms with Crippen LogP contribution in [0.1, 0.15) is 47.2 Å². The molecule has 0 saturated carbocycles. The molecule has 1 aliphatic rings. The van der Waals surface area contributed by atoms with E-state index < -0.39 is 10.0 Å². The van der Waals surface area contributed by atoms with Crippen molar-refractivity contribution in [3.05, 3.63) is 65.2 Å². The standard InChI is InChI=1S/C22H29N3O3S/c1-29(27,28)24-21-9-5-4-8-20(21)22(26)23-16-18-10-12-19(13-11-18)17-25-14-6-2-3-7-15-25/h4-5,8-13,24H,2-3,6-7,14-17H2,1H3,(H,23,26). The van der Waals surface area contributed by atoms with Crippen LogP contribution in [0, 0.1) is 0 Å². The Hall–Kier alpha value is -2.38. The van der Waals surface area contributed by atoms with Gasteiger partial charge < -0.3 is 5.32 Å². The van der Waals surface area contributed by atoms with Crippen LogP contribution in [0.15, 0.2) is 48.5 Å². The summed E-state index contributed by atoms with van der Waals surface area (Å²) in [6.45, 7) is 3.69. The molecule has 1 heterocycles. The van der Waals surface area contributed by atoms with Gasteiger partial charge in [0.1, 0.15) is 0 Å². The van der Waals surface area contributed by atoms with Crippen molar-refractivity contribution in [2.24, 2.45) is 0 Å². The van der Waals surface area contributed by atoms with Crippen molar-refractivity contribution in [3.8, 4) is 0 Å². The highest BCUT2D eigenvalue weighted by Crippen LogP contribution is 2.17. The van der Waals surface area contributed by atoms with Crippen LogP contribution in [-0.2, 0) is 23.1 Å². The summed E-state index contributed by atoms with van der Waals surface area (Å²) >= 11 is 0. The quantitative estimate of drug-likeness (QED) is 0.727. The number of benzene rings is 2. The first-order valence-electron chi connectivity index (χ1n) is 10.1. The minimum atomic E-state index is -3.45. The third-order valence-electron chi connectivity index (χ3n) is 5.05. The summed E-state index contributed by atoms with van der Waals surface area (Å²) in [4.78, 5) is 15.0. The number of hydrogen-bond donors (Lipinski definition) is 2. The highest BCUT2D eigenvalue weighted by molar-refractivity contribution is 7.92. The molecule has 1 aliphatic heterocycles. The normalized spacial score (nSPS) is 15.5. The van der Waals surface area contributed by atoms with Crippen LogP contribution >= 0.6 is 0 Å². The van der Waals surface area contributed by atoms with Gasteiger partial charge in [0.15, 0.2) is 0 Å². The fourth-order valence-corrected chi connectivity index (χ4v) is 4.14. The summed E-state index contributed by atoms with van der Waals surface area (Å²) in [5, 5.41) is 2.87. The van der Waals surface area contributed by atoms with E-state index >= 15 is 0 Å². The Balaban J connectivity index is 1.57. The van der Waals surface area contributed by atoms with E-state index in [1.165, 1.54) is 44.3 Å². The maximum Gasteiger partial charge on any atom is 0.253 e. The zero-order valence-electron chi connectivity index (χ0n) is 16.9. The van der Waals surface area contributed by atoms with Crippen molar-refractivity contribution in [2.75, 3.05) is 24.1 Å².